The lowest BCUT2D eigenvalue weighted by Gasteiger charge is -2.26. The van der Waals surface area contributed by atoms with E-state index in [0.717, 1.165) is 19.3 Å². The smallest absolute Gasteiger partial charge is 0.230 e. The van der Waals surface area contributed by atoms with Gasteiger partial charge in [0.25, 0.3) is 0 Å². The minimum atomic E-state index is -0.323. The molecule has 2 aromatic rings. The fraction of sp³-hybridized carbons (Fsp3) is 0.316. The van der Waals surface area contributed by atoms with Crippen molar-refractivity contribution in [2.24, 2.45) is 0 Å². The van der Waals surface area contributed by atoms with Gasteiger partial charge in [0.2, 0.25) is 5.91 Å². The number of carbonyl (C=O) groups is 1. The average Bonchev–Trinajstić information content (AvgIpc) is 2.57. The van der Waals surface area contributed by atoms with E-state index in [9.17, 15) is 9.18 Å². The molecule has 0 unspecified atom stereocenters. The molecule has 0 heterocycles. The van der Waals surface area contributed by atoms with Gasteiger partial charge in [-0.3, -0.25) is 4.79 Å². The van der Waals surface area contributed by atoms with E-state index in [4.69, 9.17) is 11.6 Å². The van der Waals surface area contributed by atoms with E-state index in [1.165, 1.54) is 29.0 Å². The predicted octanol–water partition coefficient (Wildman–Crippen LogP) is 4.91. The van der Waals surface area contributed by atoms with Crippen LogP contribution in [0, 0.1) is 5.82 Å². The van der Waals surface area contributed by atoms with Crippen molar-refractivity contribution >= 4 is 29.3 Å². The maximum atomic E-state index is 13.7. The van der Waals surface area contributed by atoms with Crippen LogP contribution in [0.25, 0.3) is 0 Å². The number of hydrogen-bond donors (Lipinski definition) is 1. The van der Waals surface area contributed by atoms with Gasteiger partial charge in [0.05, 0.1) is 11.8 Å². The normalized spacial score (nSPS) is 16.5. The minimum absolute atomic E-state index is 0.00363. The van der Waals surface area contributed by atoms with Gasteiger partial charge in [-0.2, -0.15) is 0 Å². The molecule has 1 atom stereocenters. The van der Waals surface area contributed by atoms with Gasteiger partial charge in [-0.25, -0.2) is 4.39 Å². The minimum Gasteiger partial charge on any atom is -0.349 e. The van der Waals surface area contributed by atoms with Crippen molar-refractivity contribution in [3.05, 3.63) is 70.0 Å². The summed E-state index contributed by atoms with van der Waals surface area (Å²) in [4.78, 5) is 12.2. The number of carbonyl (C=O) groups excluding carboxylic acids is 1. The summed E-state index contributed by atoms with van der Waals surface area (Å²) in [6.07, 6.45) is 3.14. The van der Waals surface area contributed by atoms with Crippen molar-refractivity contribution < 1.29 is 9.18 Å². The van der Waals surface area contributed by atoms with Gasteiger partial charge in [0.15, 0.2) is 0 Å². The molecule has 1 aliphatic carbocycles. The van der Waals surface area contributed by atoms with E-state index in [1.54, 1.807) is 12.1 Å². The Kier molecular flexibility index (Phi) is 5.80. The topological polar surface area (TPSA) is 29.1 Å². The molecular formula is C19H19ClFNOS. The number of nitrogens with one attached hydrogen (secondary N) is 1. The Labute approximate surface area is 150 Å². The average molecular weight is 364 g/mol. The van der Waals surface area contributed by atoms with Crippen LogP contribution in [0.2, 0.25) is 5.02 Å². The highest BCUT2D eigenvalue weighted by atomic mass is 35.5. The standard InChI is InChI=1S/C19H19ClFNOS/c20-15-9-8-14(17(21)10-15)11-24-12-19(23)22-18-7-3-5-13-4-1-2-6-16(13)18/h1-2,4,6,8-10,18H,3,5,7,11-12H2,(H,22,23)/t18-/m1/s1. The van der Waals surface area contributed by atoms with E-state index in [0.29, 0.717) is 22.1 Å². The van der Waals surface area contributed by atoms with Gasteiger partial charge in [0, 0.05) is 10.8 Å². The Hall–Kier alpha value is -1.52. The molecule has 126 valence electrons. The lowest BCUT2D eigenvalue weighted by Crippen LogP contribution is -2.32. The first-order valence-corrected chi connectivity index (χ1v) is 9.55. The molecule has 1 N–H and O–H groups in total. The molecule has 1 amide bonds. The van der Waals surface area contributed by atoms with Crippen molar-refractivity contribution in [1.82, 2.24) is 5.32 Å². The fourth-order valence-corrected chi connectivity index (χ4v) is 4.02. The number of aryl methyl sites for hydroxylation is 1. The van der Waals surface area contributed by atoms with Crippen LogP contribution in [0.3, 0.4) is 0 Å². The highest BCUT2D eigenvalue weighted by molar-refractivity contribution is 7.99. The molecule has 24 heavy (non-hydrogen) atoms. The van der Waals surface area contributed by atoms with Gasteiger partial charge < -0.3 is 5.32 Å². The van der Waals surface area contributed by atoms with Crippen LogP contribution in [-0.4, -0.2) is 11.7 Å². The third-order valence-electron chi connectivity index (χ3n) is 4.21. The van der Waals surface area contributed by atoms with Crippen LogP contribution in [-0.2, 0) is 17.0 Å². The molecule has 5 heteroatoms. The molecule has 1 aliphatic rings. The molecule has 0 radical (unpaired) electrons. The Balaban J connectivity index is 1.52. The molecular weight excluding hydrogens is 345 g/mol. The number of thioether (sulfide) groups is 1. The highest BCUT2D eigenvalue weighted by Gasteiger charge is 2.21. The SMILES string of the molecule is O=C(CSCc1ccc(Cl)cc1F)N[C@@H]1CCCc2ccccc21. The van der Waals surface area contributed by atoms with E-state index >= 15 is 0 Å². The van der Waals surface area contributed by atoms with Gasteiger partial charge in [-0.05, 0) is 48.1 Å². The zero-order chi connectivity index (χ0) is 16.9. The molecule has 0 aliphatic heterocycles. The molecule has 0 saturated heterocycles. The number of amides is 1. The number of fused-ring (bicyclic) bond motifs is 1. The largest absolute Gasteiger partial charge is 0.349 e. The van der Waals surface area contributed by atoms with Crippen LogP contribution in [0.15, 0.2) is 42.5 Å². The van der Waals surface area contributed by atoms with Gasteiger partial charge in [-0.15, -0.1) is 11.8 Å². The van der Waals surface area contributed by atoms with E-state index in [1.807, 2.05) is 12.1 Å². The summed E-state index contributed by atoms with van der Waals surface area (Å²) in [5.41, 5.74) is 3.12. The monoisotopic (exact) mass is 363 g/mol. The van der Waals surface area contributed by atoms with Crippen LogP contribution in [0.4, 0.5) is 4.39 Å². The highest BCUT2D eigenvalue weighted by Crippen LogP contribution is 2.29. The third-order valence-corrected chi connectivity index (χ3v) is 5.43. The van der Waals surface area contributed by atoms with Gasteiger partial charge >= 0.3 is 0 Å². The van der Waals surface area contributed by atoms with Crippen LogP contribution in [0.5, 0.6) is 0 Å². The summed E-state index contributed by atoms with van der Waals surface area (Å²) >= 11 is 7.15. The van der Waals surface area contributed by atoms with Crippen molar-refractivity contribution in [2.45, 2.75) is 31.1 Å². The lowest BCUT2D eigenvalue weighted by atomic mass is 9.88. The Morgan fingerprint density at radius 1 is 1.29 bits per heavy atom. The summed E-state index contributed by atoms with van der Waals surface area (Å²) in [6, 6.07) is 13.0. The second-order valence-corrected chi connectivity index (χ2v) is 7.36. The molecule has 0 fully saturated rings. The summed E-state index contributed by atoms with van der Waals surface area (Å²) < 4.78 is 13.7. The van der Waals surface area contributed by atoms with Gasteiger partial charge in [0.1, 0.15) is 5.82 Å². The Morgan fingerprint density at radius 2 is 2.12 bits per heavy atom. The number of halogens is 2. The first-order chi connectivity index (χ1) is 11.6. The molecule has 2 nitrogen and oxygen atoms in total. The van der Waals surface area contributed by atoms with Gasteiger partial charge in [-0.1, -0.05) is 41.9 Å². The second-order valence-electron chi connectivity index (χ2n) is 5.94. The fourth-order valence-electron chi connectivity index (χ4n) is 3.03. The number of benzene rings is 2. The van der Waals surface area contributed by atoms with Crippen LogP contribution < -0.4 is 5.32 Å². The van der Waals surface area contributed by atoms with Crippen molar-refractivity contribution in [2.75, 3.05) is 5.75 Å². The van der Waals surface area contributed by atoms with Crippen LogP contribution in [0.1, 0.15) is 35.6 Å². The lowest BCUT2D eigenvalue weighted by molar-refractivity contribution is -0.119. The molecule has 0 aromatic heterocycles. The number of hydrogen-bond acceptors (Lipinski definition) is 2. The summed E-state index contributed by atoms with van der Waals surface area (Å²) in [5, 5.41) is 3.49. The molecule has 3 rings (SSSR count). The predicted molar refractivity (Wildman–Crippen MR) is 97.8 cm³/mol. The summed E-state index contributed by atoms with van der Waals surface area (Å²) in [6.45, 7) is 0. The maximum absolute atomic E-state index is 13.7. The molecule has 0 saturated carbocycles. The van der Waals surface area contributed by atoms with Crippen molar-refractivity contribution in [1.29, 1.82) is 0 Å². The third kappa shape index (κ3) is 4.31. The quantitative estimate of drug-likeness (QED) is 0.818. The molecule has 0 spiro atoms. The summed E-state index contributed by atoms with van der Waals surface area (Å²) in [5.74, 6) is 0.450. The zero-order valence-electron chi connectivity index (χ0n) is 13.2. The van der Waals surface area contributed by atoms with Crippen LogP contribution >= 0.6 is 23.4 Å². The maximum Gasteiger partial charge on any atom is 0.230 e. The molecule has 2 aromatic carbocycles. The number of rotatable bonds is 5. The van der Waals surface area contributed by atoms with Crippen molar-refractivity contribution in [3.63, 3.8) is 0 Å². The second kappa shape index (κ2) is 8.04. The van der Waals surface area contributed by atoms with E-state index < -0.39 is 0 Å². The first kappa shape index (κ1) is 17.3. The van der Waals surface area contributed by atoms with E-state index in [-0.39, 0.29) is 17.8 Å². The Morgan fingerprint density at radius 3 is 2.96 bits per heavy atom. The summed E-state index contributed by atoms with van der Waals surface area (Å²) in [7, 11) is 0. The Bertz CT molecular complexity index is 737. The zero-order valence-corrected chi connectivity index (χ0v) is 14.8. The first-order valence-electron chi connectivity index (χ1n) is 8.02. The van der Waals surface area contributed by atoms with E-state index in [2.05, 4.69) is 17.4 Å². The van der Waals surface area contributed by atoms with Crippen molar-refractivity contribution in [3.8, 4) is 0 Å². The molecule has 0 bridgehead atoms.